The molecule has 2 aliphatic rings. The molecule has 4 rings (SSSR count). The second-order valence-corrected chi connectivity index (χ2v) is 8.39. The van der Waals surface area contributed by atoms with E-state index in [0.29, 0.717) is 43.3 Å². The van der Waals surface area contributed by atoms with Crippen LogP contribution >= 0.6 is 0 Å². The van der Waals surface area contributed by atoms with Gasteiger partial charge < -0.3 is 19.5 Å². The minimum atomic E-state index is -0.698. The molecule has 1 amide bonds. The van der Waals surface area contributed by atoms with Crippen LogP contribution in [0.2, 0.25) is 0 Å². The fourth-order valence-electron chi connectivity index (χ4n) is 4.57. The summed E-state index contributed by atoms with van der Waals surface area (Å²) in [5, 5.41) is 15.7. The van der Waals surface area contributed by atoms with Crippen molar-refractivity contribution in [1.29, 1.82) is 0 Å². The van der Waals surface area contributed by atoms with E-state index < -0.39 is 17.7 Å². The fraction of sp³-hybridized carbons (Fsp3) is 0.458. The van der Waals surface area contributed by atoms with Crippen molar-refractivity contribution in [3.63, 3.8) is 0 Å². The molecular weight excluding hydrogens is 424 g/mol. The summed E-state index contributed by atoms with van der Waals surface area (Å²) in [4.78, 5) is 30.1. The van der Waals surface area contributed by atoms with E-state index in [1.54, 1.807) is 42.8 Å². The zero-order chi connectivity index (χ0) is 23.7. The molecule has 3 heterocycles. The summed E-state index contributed by atoms with van der Waals surface area (Å²) in [6.07, 6.45) is 0. The topological polar surface area (TPSA) is 97.1 Å². The largest absolute Gasteiger partial charge is 0.507 e. The van der Waals surface area contributed by atoms with Gasteiger partial charge in [0.15, 0.2) is 0 Å². The van der Waals surface area contributed by atoms with Gasteiger partial charge in [-0.05, 0) is 31.5 Å². The van der Waals surface area contributed by atoms with Gasteiger partial charge in [0.2, 0.25) is 0 Å². The van der Waals surface area contributed by atoms with Gasteiger partial charge in [0.05, 0.1) is 43.2 Å². The number of carbonyl (C=O) groups excluding carboxylic acids is 2. The van der Waals surface area contributed by atoms with Crippen molar-refractivity contribution in [2.45, 2.75) is 19.9 Å². The molecular formula is C24H30N4O5. The van der Waals surface area contributed by atoms with Crippen molar-refractivity contribution >= 4 is 17.4 Å². The minimum Gasteiger partial charge on any atom is -0.507 e. The van der Waals surface area contributed by atoms with Gasteiger partial charge in [-0.15, -0.1) is 0 Å². The van der Waals surface area contributed by atoms with Crippen molar-refractivity contribution in [3.8, 4) is 5.75 Å². The first-order chi connectivity index (χ1) is 15.8. The van der Waals surface area contributed by atoms with Gasteiger partial charge in [0, 0.05) is 38.9 Å². The summed E-state index contributed by atoms with van der Waals surface area (Å²) in [7, 11) is 3.36. The molecule has 1 aromatic heterocycles. The van der Waals surface area contributed by atoms with Gasteiger partial charge in [0.25, 0.3) is 11.7 Å². The molecule has 0 aliphatic carbocycles. The Balaban J connectivity index is 1.77. The molecule has 1 atom stereocenters. The lowest BCUT2D eigenvalue weighted by Gasteiger charge is -2.31. The van der Waals surface area contributed by atoms with Crippen LogP contribution in [0.25, 0.3) is 5.76 Å². The van der Waals surface area contributed by atoms with E-state index in [0.717, 1.165) is 24.3 Å². The number of hydrogen-bond acceptors (Lipinski definition) is 7. The van der Waals surface area contributed by atoms with E-state index in [-0.39, 0.29) is 11.3 Å². The van der Waals surface area contributed by atoms with Gasteiger partial charge in [0.1, 0.15) is 11.5 Å². The summed E-state index contributed by atoms with van der Waals surface area (Å²) in [5.74, 6) is -0.808. The lowest BCUT2D eigenvalue weighted by atomic mass is 9.94. The molecule has 2 aromatic rings. The molecule has 2 fully saturated rings. The maximum atomic E-state index is 13.2. The second kappa shape index (κ2) is 9.36. The number of aromatic nitrogens is 2. The summed E-state index contributed by atoms with van der Waals surface area (Å²) >= 11 is 0. The molecule has 0 radical (unpaired) electrons. The van der Waals surface area contributed by atoms with E-state index in [1.165, 1.54) is 0 Å². The van der Waals surface area contributed by atoms with Gasteiger partial charge in [-0.1, -0.05) is 12.1 Å². The minimum absolute atomic E-state index is 0.0892. The van der Waals surface area contributed by atoms with Gasteiger partial charge in [-0.25, -0.2) is 0 Å². The maximum Gasteiger partial charge on any atom is 0.295 e. The molecule has 2 saturated heterocycles. The number of aliphatic hydroxyl groups is 1. The van der Waals surface area contributed by atoms with Gasteiger partial charge in [-0.3, -0.25) is 19.2 Å². The number of morpholine rings is 1. The third-order valence-electron chi connectivity index (χ3n) is 6.48. The second-order valence-electron chi connectivity index (χ2n) is 8.39. The zero-order valence-electron chi connectivity index (χ0n) is 19.5. The Hall–Kier alpha value is -3.17. The first kappa shape index (κ1) is 23.0. The lowest BCUT2D eigenvalue weighted by molar-refractivity contribution is -0.140. The predicted molar refractivity (Wildman–Crippen MR) is 122 cm³/mol. The van der Waals surface area contributed by atoms with E-state index in [2.05, 4.69) is 10.00 Å². The van der Waals surface area contributed by atoms with Crippen LogP contribution in [0, 0.1) is 13.8 Å². The third-order valence-corrected chi connectivity index (χ3v) is 6.48. The Morgan fingerprint density at radius 1 is 1.15 bits per heavy atom. The highest BCUT2D eigenvalue weighted by atomic mass is 16.5. The molecule has 1 aromatic carbocycles. The van der Waals surface area contributed by atoms with Gasteiger partial charge in [-0.2, -0.15) is 5.10 Å². The molecule has 0 bridgehead atoms. The molecule has 9 heteroatoms. The normalized spacial score (nSPS) is 21.1. The van der Waals surface area contributed by atoms with Crippen LogP contribution in [0.5, 0.6) is 5.75 Å². The first-order valence-corrected chi connectivity index (χ1v) is 11.1. The Labute approximate surface area is 193 Å². The molecule has 33 heavy (non-hydrogen) atoms. The van der Waals surface area contributed by atoms with Crippen LogP contribution in [0.4, 0.5) is 0 Å². The summed E-state index contributed by atoms with van der Waals surface area (Å²) < 4.78 is 12.3. The number of amides is 1. The van der Waals surface area contributed by atoms with E-state index in [1.807, 2.05) is 19.1 Å². The van der Waals surface area contributed by atoms with Crippen molar-refractivity contribution in [2.75, 3.05) is 46.5 Å². The first-order valence-electron chi connectivity index (χ1n) is 11.1. The number of benzene rings is 1. The smallest absolute Gasteiger partial charge is 0.295 e. The van der Waals surface area contributed by atoms with E-state index >= 15 is 0 Å². The third kappa shape index (κ3) is 4.26. The summed E-state index contributed by atoms with van der Waals surface area (Å²) in [5.41, 5.74) is 2.63. The molecule has 9 nitrogen and oxygen atoms in total. The SMILES string of the molecule is COc1ccc(C2/C(=C(\O)c3c(C)nn(C)c3C)C(=O)C(=O)N2CCN2CCOCC2)cc1. The number of aryl methyl sites for hydroxylation is 2. The number of ether oxygens (including phenoxy) is 2. The monoisotopic (exact) mass is 454 g/mol. The van der Waals surface area contributed by atoms with Crippen LogP contribution in [-0.2, 0) is 21.4 Å². The number of aliphatic hydroxyl groups excluding tert-OH is 1. The molecule has 0 saturated carbocycles. The highest BCUT2D eigenvalue weighted by molar-refractivity contribution is 6.46. The highest BCUT2D eigenvalue weighted by Crippen LogP contribution is 2.40. The van der Waals surface area contributed by atoms with E-state index in [9.17, 15) is 14.7 Å². The summed E-state index contributed by atoms with van der Waals surface area (Å²) in [6, 6.07) is 6.53. The number of nitrogens with zero attached hydrogens (tertiary/aromatic N) is 4. The maximum absolute atomic E-state index is 13.2. The number of likely N-dealkylation sites (tertiary alicyclic amines) is 1. The van der Waals surface area contributed by atoms with Crippen molar-refractivity contribution in [3.05, 3.63) is 52.4 Å². The highest BCUT2D eigenvalue weighted by Gasteiger charge is 2.46. The number of ketones is 1. The zero-order valence-corrected chi connectivity index (χ0v) is 19.5. The van der Waals surface area contributed by atoms with E-state index in [4.69, 9.17) is 9.47 Å². The number of Topliss-reactive ketones (excluding diaryl/α,β-unsaturated/α-hetero) is 1. The molecule has 0 spiro atoms. The van der Waals surface area contributed by atoms with Crippen molar-refractivity contribution < 1.29 is 24.2 Å². The Kier molecular flexibility index (Phi) is 6.53. The predicted octanol–water partition coefficient (Wildman–Crippen LogP) is 1.80. The number of hydrogen-bond donors (Lipinski definition) is 1. The summed E-state index contributed by atoms with van der Waals surface area (Å²) in [6.45, 7) is 7.46. The van der Waals surface area contributed by atoms with Crippen LogP contribution in [0.1, 0.15) is 28.6 Å². The molecule has 2 aliphatic heterocycles. The van der Waals surface area contributed by atoms with Crippen LogP contribution in [0.15, 0.2) is 29.8 Å². The van der Waals surface area contributed by atoms with Crippen LogP contribution in [-0.4, -0.2) is 82.9 Å². The average molecular weight is 455 g/mol. The van der Waals surface area contributed by atoms with Crippen molar-refractivity contribution in [1.82, 2.24) is 19.6 Å². The Morgan fingerprint density at radius 2 is 1.82 bits per heavy atom. The molecule has 1 N–H and O–H groups in total. The quantitative estimate of drug-likeness (QED) is 0.404. The number of carbonyl (C=O) groups is 2. The number of rotatable bonds is 6. The molecule has 1 unspecified atom stereocenters. The van der Waals surface area contributed by atoms with Crippen molar-refractivity contribution in [2.24, 2.45) is 7.05 Å². The Bertz CT molecular complexity index is 1080. The number of methoxy groups -OCH3 is 1. The van der Waals surface area contributed by atoms with Gasteiger partial charge >= 0.3 is 0 Å². The standard InChI is InChI=1S/C24H30N4O5/c1-15-19(16(2)26(3)25-15)22(29)20-21(17-5-7-18(32-4)8-6-17)28(24(31)23(20)30)10-9-27-11-13-33-14-12-27/h5-8,21,29H,9-14H2,1-4H3/b22-20+. The van der Waals surface area contributed by atoms with Crippen LogP contribution < -0.4 is 4.74 Å². The molecule has 176 valence electrons. The van der Waals surface area contributed by atoms with Crippen LogP contribution in [0.3, 0.4) is 0 Å². The average Bonchev–Trinajstić information content (AvgIpc) is 3.23. The fourth-order valence-corrected chi connectivity index (χ4v) is 4.57. The Morgan fingerprint density at radius 3 is 2.39 bits per heavy atom. The lowest BCUT2D eigenvalue weighted by Crippen LogP contribution is -2.42.